The Balaban J connectivity index is 1.80. The molecule has 2 N–H and O–H groups in total. The van der Waals surface area contributed by atoms with Crippen molar-refractivity contribution < 1.29 is 14.0 Å². The van der Waals surface area contributed by atoms with Gasteiger partial charge in [-0.25, -0.2) is 4.39 Å². The lowest BCUT2D eigenvalue weighted by Gasteiger charge is -2.07. The van der Waals surface area contributed by atoms with E-state index < -0.39 is 5.82 Å². The summed E-state index contributed by atoms with van der Waals surface area (Å²) < 4.78 is 13.4. The van der Waals surface area contributed by atoms with Crippen LogP contribution in [-0.4, -0.2) is 18.4 Å². The van der Waals surface area contributed by atoms with E-state index in [0.29, 0.717) is 5.56 Å². The van der Waals surface area contributed by atoms with E-state index in [1.165, 1.54) is 12.1 Å². The normalized spacial score (nSPS) is 10.1. The van der Waals surface area contributed by atoms with Crippen LogP contribution in [0.25, 0.3) is 0 Å². The molecule has 2 amide bonds. The van der Waals surface area contributed by atoms with E-state index in [0.717, 1.165) is 5.56 Å². The van der Waals surface area contributed by atoms with Crippen LogP contribution in [0.1, 0.15) is 22.3 Å². The molecule has 114 valence electrons. The highest BCUT2D eigenvalue weighted by atomic mass is 19.1. The van der Waals surface area contributed by atoms with Crippen molar-refractivity contribution in [1.82, 2.24) is 5.32 Å². The molecule has 2 aromatic carbocycles. The highest BCUT2D eigenvalue weighted by Crippen LogP contribution is 2.12. The molecule has 0 atom stereocenters. The molecule has 0 bridgehead atoms. The van der Waals surface area contributed by atoms with E-state index in [1.54, 1.807) is 30.3 Å². The number of rotatable bonds is 5. The number of carbonyl (C=O) groups excluding carboxylic acids is 2. The zero-order chi connectivity index (χ0) is 15.9. The highest BCUT2D eigenvalue weighted by molar-refractivity contribution is 5.95. The lowest BCUT2D eigenvalue weighted by molar-refractivity contribution is -0.116. The first-order valence-electron chi connectivity index (χ1n) is 6.95. The molecule has 0 saturated heterocycles. The molecule has 0 radical (unpaired) electrons. The third kappa shape index (κ3) is 4.41. The van der Waals surface area contributed by atoms with Gasteiger partial charge in [0.25, 0.3) is 5.91 Å². The molecule has 0 heterocycles. The first kappa shape index (κ1) is 15.7. The zero-order valence-electron chi connectivity index (χ0n) is 12.2. The van der Waals surface area contributed by atoms with Crippen LogP contribution >= 0.6 is 0 Å². The number of aryl methyl sites for hydroxylation is 1. The third-order valence-electron chi connectivity index (χ3n) is 3.07. The van der Waals surface area contributed by atoms with Gasteiger partial charge < -0.3 is 10.6 Å². The van der Waals surface area contributed by atoms with E-state index in [9.17, 15) is 14.0 Å². The fourth-order valence-electron chi connectivity index (χ4n) is 1.95. The number of halogens is 1. The van der Waals surface area contributed by atoms with Crippen LogP contribution < -0.4 is 10.6 Å². The molecular formula is C17H17FN2O2. The number of hydrogen-bond acceptors (Lipinski definition) is 2. The Morgan fingerprint density at radius 3 is 2.59 bits per heavy atom. The number of amides is 2. The predicted octanol–water partition coefficient (Wildman–Crippen LogP) is 2.89. The molecule has 0 unspecified atom stereocenters. The monoisotopic (exact) mass is 300 g/mol. The first-order valence-corrected chi connectivity index (χ1v) is 6.95. The molecule has 5 heteroatoms. The average Bonchev–Trinajstić information content (AvgIpc) is 2.49. The minimum absolute atomic E-state index is 0.0753. The molecule has 0 aliphatic carbocycles. The summed E-state index contributed by atoms with van der Waals surface area (Å²) in [6, 6.07) is 13.1. The van der Waals surface area contributed by atoms with Gasteiger partial charge >= 0.3 is 0 Å². The van der Waals surface area contributed by atoms with Gasteiger partial charge in [-0.05, 0) is 31.2 Å². The van der Waals surface area contributed by atoms with Gasteiger partial charge in [0.05, 0.1) is 5.69 Å². The van der Waals surface area contributed by atoms with Gasteiger partial charge in [0, 0.05) is 18.5 Å². The predicted molar refractivity (Wildman–Crippen MR) is 83.2 cm³/mol. The maximum Gasteiger partial charge on any atom is 0.251 e. The molecule has 0 aliphatic rings. The Bertz CT molecular complexity index is 686. The number of anilines is 1. The second-order valence-corrected chi connectivity index (χ2v) is 4.90. The van der Waals surface area contributed by atoms with Gasteiger partial charge in [-0.2, -0.15) is 0 Å². The summed E-state index contributed by atoms with van der Waals surface area (Å²) in [5.74, 6) is -1.07. The molecule has 22 heavy (non-hydrogen) atoms. The Hall–Kier alpha value is -2.69. The van der Waals surface area contributed by atoms with Gasteiger partial charge in [-0.3, -0.25) is 9.59 Å². The minimum Gasteiger partial charge on any atom is -0.352 e. The molecule has 0 aliphatic heterocycles. The van der Waals surface area contributed by atoms with Gasteiger partial charge in [0.2, 0.25) is 5.91 Å². The molecule has 0 saturated carbocycles. The summed E-state index contributed by atoms with van der Waals surface area (Å²) in [7, 11) is 0. The van der Waals surface area contributed by atoms with Crippen molar-refractivity contribution in [2.75, 3.05) is 11.9 Å². The number of hydrogen-bond donors (Lipinski definition) is 2. The summed E-state index contributed by atoms with van der Waals surface area (Å²) in [4.78, 5) is 23.6. The number of nitrogens with one attached hydrogen (secondary N) is 2. The third-order valence-corrected chi connectivity index (χ3v) is 3.07. The first-order chi connectivity index (χ1) is 10.6. The molecule has 2 rings (SSSR count). The summed E-state index contributed by atoms with van der Waals surface area (Å²) in [5.41, 5.74) is 1.68. The summed E-state index contributed by atoms with van der Waals surface area (Å²) in [6.45, 7) is 2.09. The number of benzene rings is 2. The Kier molecular flexibility index (Phi) is 5.25. The largest absolute Gasteiger partial charge is 0.352 e. The SMILES string of the molecule is Cc1cccc(C(=O)NCCC(=O)Nc2ccccc2F)c1. The molecule has 0 aromatic heterocycles. The molecular weight excluding hydrogens is 283 g/mol. The van der Waals surface area contributed by atoms with Crippen LogP contribution in [0.3, 0.4) is 0 Å². The molecule has 2 aromatic rings. The fourth-order valence-corrected chi connectivity index (χ4v) is 1.95. The van der Waals surface area contributed by atoms with E-state index in [1.807, 2.05) is 13.0 Å². The Labute approximate surface area is 128 Å². The lowest BCUT2D eigenvalue weighted by atomic mass is 10.1. The van der Waals surface area contributed by atoms with Crippen molar-refractivity contribution in [1.29, 1.82) is 0 Å². The molecule has 0 fully saturated rings. The van der Waals surface area contributed by atoms with Crippen molar-refractivity contribution in [2.24, 2.45) is 0 Å². The van der Waals surface area contributed by atoms with Crippen LogP contribution in [0.15, 0.2) is 48.5 Å². The maximum absolute atomic E-state index is 13.4. The fraction of sp³-hybridized carbons (Fsp3) is 0.176. The average molecular weight is 300 g/mol. The second kappa shape index (κ2) is 7.36. The van der Waals surface area contributed by atoms with Crippen LogP contribution in [0, 0.1) is 12.7 Å². The zero-order valence-corrected chi connectivity index (χ0v) is 12.2. The van der Waals surface area contributed by atoms with Crippen LogP contribution in [0.2, 0.25) is 0 Å². The van der Waals surface area contributed by atoms with Crippen LogP contribution in [0.4, 0.5) is 10.1 Å². The minimum atomic E-state index is -0.486. The van der Waals surface area contributed by atoms with E-state index >= 15 is 0 Å². The van der Waals surface area contributed by atoms with Crippen molar-refractivity contribution in [3.8, 4) is 0 Å². The lowest BCUT2D eigenvalue weighted by Crippen LogP contribution is -2.27. The van der Waals surface area contributed by atoms with Gasteiger partial charge in [0.1, 0.15) is 5.82 Å². The van der Waals surface area contributed by atoms with Crippen molar-refractivity contribution >= 4 is 17.5 Å². The van der Waals surface area contributed by atoms with Gasteiger partial charge in [0.15, 0.2) is 0 Å². The van der Waals surface area contributed by atoms with E-state index in [-0.39, 0.29) is 30.5 Å². The summed E-state index contributed by atoms with van der Waals surface area (Å²) >= 11 is 0. The topological polar surface area (TPSA) is 58.2 Å². The van der Waals surface area contributed by atoms with Gasteiger partial charge in [-0.1, -0.05) is 29.8 Å². The maximum atomic E-state index is 13.4. The van der Waals surface area contributed by atoms with E-state index in [2.05, 4.69) is 10.6 Å². The van der Waals surface area contributed by atoms with E-state index in [4.69, 9.17) is 0 Å². The number of carbonyl (C=O) groups is 2. The number of para-hydroxylation sites is 1. The second-order valence-electron chi connectivity index (χ2n) is 4.90. The Morgan fingerprint density at radius 1 is 1.09 bits per heavy atom. The standard InChI is InChI=1S/C17H17FN2O2/c1-12-5-4-6-13(11-12)17(22)19-10-9-16(21)20-15-8-3-2-7-14(15)18/h2-8,11H,9-10H2,1H3,(H,19,22)(H,20,21). The summed E-state index contributed by atoms with van der Waals surface area (Å²) in [6.07, 6.45) is 0.0753. The van der Waals surface area contributed by atoms with Crippen molar-refractivity contribution in [3.05, 3.63) is 65.5 Å². The van der Waals surface area contributed by atoms with Crippen LogP contribution in [0.5, 0.6) is 0 Å². The van der Waals surface area contributed by atoms with Gasteiger partial charge in [-0.15, -0.1) is 0 Å². The highest BCUT2D eigenvalue weighted by Gasteiger charge is 2.08. The van der Waals surface area contributed by atoms with Crippen molar-refractivity contribution in [3.63, 3.8) is 0 Å². The smallest absolute Gasteiger partial charge is 0.251 e. The van der Waals surface area contributed by atoms with Crippen LogP contribution in [-0.2, 0) is 4.79 Å². The van der Waals surface area contributed by atoms with Crippen molar-refractivity contribution in [2.45, 2.75) is 13.3 Å². The summed E-state index contributed by atoms with van der Waals surface area (Å²) in [5, 5.41) is 5.13. The quantitative estimate of drug-likeness (QED) is 0.892. The molecule has 0 spiro atoms. The molecule has 4 nitrogen and oxygen atoms in total. The Morgan fingerprint density at radius 2 is 1.86 bits per heavy atom.